The third-order valence-corrected chi connectivity index (χ3v) is 6.00. The average Bonchev–Trinajstić information content (AvgIpc) is 2.72. The summed E-state index contributed by atoms with van der Waals surface area (Å²) in [5, 5.41) is 20.0. The van der Waals surface area contributed by atoms with Gasteiger partial charge in [-0.3, -0.25) is 4.98 Å². The number of aromatic amines is 1. The summed E-state index contributed by atoms with van der Waals surface area (Å²) in [5.74, 6) is 0. The second-order valence-electron chi connectivity index (χ2n) is 7.18. The third kappa shape index (κ3) is 4.04. The molecule has 0 fully saturated rings. The Morgan fingerprint density at radius 3 is 2.07 bits per heavy atom. The predicted molar refractivity (Wildman–Crippen MR) is 124 cm³/mol. The second-order valence-corrected chi connectivity index (χ2v) is 7.96. The average molecular weight is 431 g/mol. The van der Waals surface area contributed by atoms with Gasteiger partial charge in [-0.2, -0.15) is 10.5 Å². The van der Waals surface area contributed by atoms with Crippen molar-refractivity contribution in [2.75, 3.05) is 0 Å². The van der Waals surface area contributed by atoms with Crippen LogP contribution in [0.2, 0.25) is 5.02 Å². The fourth-order valence-electron chi connectivity index (χ4n) is 3.06. The van der Waals surface area contributed by atoms with E-state index in [9.17, 15) is 0 Å². The lowest BCUT2D eigenvalue weighted by molar-refractivity contribution is 1.31. The number of fused-ring (bicyclic) bond motifs is 2. The second kappa shape index (κ2) is 8.63. The van der Waals surface area contributed by atoms with E-state index in [1.807, 2.05) is 45.0 Å². The summed E-state index contributed by atoms with van der Waals surface area (Å²) in [4.78, 5) is 7.30. The Morgan fingerprint density at radius 2 is 1.43 bits per heavy atom. The van der Waals surface area contributed by atoms with Crippen molar-refractivity contribution >= 4 is 45.6 Å². The molecule has 4 nitrogen and oxygen atoms in total. The maximum Gasteiger partial charge on any atom is 0.102 e. The molecule has 0 saturated heterocycles. The lowest BCUT2D eigenvalue weighted by Crippen LogP contribution is -1.88. The van der Waals surface area contributed by atoms with Crippen molar-refractivity contribution in [2.24, 2.45) is 0 Å². The molecule has 0 bridgehead atoms. The van der Waals surface area contributed by atoms with Gasteiger partial charge in [-0.1, -0.05) is 23.8 Å². The topological polar surface area (TPSA) is 76.3 Å². The van der Waals surface area contributed by atoms with Crippen LogP contribution in [0, 0.1) is 54.9 Å². The van der Waals surface area contributed by atoms with Crippen LogP contribution < -0.4 is 0 Å². The van der Waals surface area contributed by atoms with E-state index in [2.05, 4.69) is 29.0 Å². The Morgan fingerprint density at radius 1 is 0.867 bits per heavy atom. The van der Waals surface area contributed by atoms with E-state index in [0.717, 1.165) is 27.4 Å². The summed E-state index contributed by atoms with van der Waals surface area (Å²) >= 11 is 11.4. The zero-order chi connectivity index (χ0) is 22.0. The normalized spacial score (nSPS) is 10.2. The lowest BCUT2D eigenvalue weighted by atomic mass is 10.1. The lowest BCUT2D eigenvalue weighted by Gasteiger charge is -2.05. The molecule has 2 aromatic carbocycles. The Kier molecular flexibility index (Phi) is 6.17. The minimum absolute atomic E-state index is 0.424. The SMILES string of the molecule is Cc1cc2[nH]cc(C#N)c(=S)c2cc1C.Cc1cc2ncc(C#N)c(Cl)c2cc1C. The Hall–Kier alpha value is -3.25. The van der Waals surface area contributed by atoms with E-state index in [1.165, 1.54) is 22.9 Å². The van der Waals surface area contributed by atoms with Gasteiger partial charge in [0.2, 0.25) is 0 Å². The molecule has 0 saturated carbocycles. The maximum atomic E-state index is 8.87. The number of halogens is 1. The number of hydrogen-bond acceptors (Lipinski definition) is 4. The number of hydrogen-bond donors (Lipinski definition) is 1. The highest BCUT2D eigenvalue weighted by Gasteiger charge is 2.07. The molecule has 148 valence electrons. The number of nitrogens with zero attached hydrogens (tertiary/aromatic N) is 3. The van der Waals surface area contributed by atoms with Crippen LogP contribution >= 0.6 is 23.8 Å². The molecule has 0 aliphatic heterocycles. The molecule has 4 aromatic rings. The van der Waals surface area contributed by atoms with Crippen molar-refractivity contribution < 1.29 is 0 Å². The number of H-pyrrole nitrogens is 1. The van der Waals surface area contributed by atoms with E-state index in [1.54, 1.807) is 6.20 Å². The monoisotopic (exact) mass is 430 g/mol. The molecular formula is C24H19ClN4S. The largest absolute Gasteiger partial charge is 0.360 e. The number of rotatable bonds is 0. The highest BCUT2D eigenvalue weighted by molar-refractivity contribution is 7.71. The summed E-state index contributed by atoms with van der Waals surface area (Å²) in [6.07, 6.45) is 3.18. The maximum absolute atomic E-state index is 8.87. The van der Waals surface area contributed by atoms with Gasteiger partial charge < -0.3 is 4.98 Å². The molecule has 4 rings (SSSR count). The quantitative estimate of drug-likeness (QED) is 0.312. The number of aromatic nitrogens is 2. The Bertz CT molecular complexity index is 1440. The van der Waals surface area contributed by atoms with Crippen LogP contribution in [-0.4, -0.2) is 9.97 Å². The van der Waals surface area contributed by atoms with Crippen molar-refractivity contribution in [1.82, 2.24) is 9.97 Å². The summed E-state index contributed by atoms with van der Waals surface area (Å²) in [7, 11) is 0. The summed E-state index contributed by atoms with van der Waals surface area (Å²) < 4.78 is 0.634. The molecule has 0 radical (unpaired) electrons. The molecule has 30 heavy (non-hydrogen) atoms. The highest BCUT2D eigenvalue weighted by Crippen LogP contribution is 2.27. The molecule has 1 N–H and O–H groups in total. The minimum atomic E-state index is 0.424. The smallest absolute Gasteiger partial charge is 0.102 e. The van der Waals surface area contributed by atoms with Crippen molar-refractivity contribution in [3.05, 3.63) is 79.6 Å². The van der Waals surface area contributed by atoms with E-state index in [-0.39, 0.29) is 0 Å². The van der Waals surface area contributed by atoms with Gasteiger partial charge in [0.05, 0.1) is 26.2 Å². The van der Waals surface area contributed by atoms with Gasteiger partial charge >= 0.3 is 0 Å². The van der Waals surface area contributed by atoms with Crippen LogP contribution in [0.4, 0.5) is 0 Å². The van der Waals surface area contributed by atoms with Crippen LogP contribution in [0.25, 0.3) is 21.8 Å². The van der Waals surface area contributed by atoms with Gasteiger partial charge in [-0.25, -0.2) is 0 Å². The molecule has 2 aromatic heterocycles. The van der Waals surface area contributed by atoms with Gasteiger partial charge in [0.25, 0.3) is 0 Å². The number of benzene rings is 2. The van der Waals surface area contributed by atoms with Crippen molar-refractivity contribution in [3.8, 4) is 12.1 Å². The molecule has 0 atom stereocenters. The van der Waals surface area contributed by atoms with Gasteiger partial charge in [0.15, 0.2) is 0 Å². The standard InChI is InChI=1S/C12H9ClN2.C12H10N2S/c1-7-3-10-11(4-8(7)2)15-6-9(5-14)12(10)13;1-7-3-10-11(4-8(7)2)14-6-9(5-13)12(10)15/h3-4,6H,1-2H3;3-4,6H,1-2H3,(H,14,15). The predicted octanol–water partition coefficient (Wildman–Crippen LogP) is 6.76. The van der Waals surface area contributed by atoms with Crippen LogP contribution in [-0.2, 0) is 0 Å². The first-order valence-electron chi connectivity index (χ1n) is 9.25. The molecular weight excluding hydrogens is 412 g/mol. The van der Waals surface area contributed by atoms with E-state index >= 15 is 0 Å². The van der Waals surface area contributed by atoms with Gasteiger partial charge in [-0.15, -0.1) is 0 Å². The van der Waals surface area contributed by atoms with Crippen LogP contribution in [0.15, 0.2) is 36.7 Å². The van der Waals surface area contributed by atoms with E-state index in [0.29, 0.717) is 20.7 Å². The summed E-state index contributed by atoms with van der Waals surface area (Å²) in [5.41, 5.74) is 7.52. The van der Waals surface area contributed by atoms with Crippen LogP contribution in [0.1, 0.15) is 33.4 Å². The van der Waals surface area contributed by atoms with Crippen molar-refractivity contribution in [1.29, 1.82) is 10.5 Å². The van der Waals surface area contributed by atoms with Crippen molar-refractivity contribution in [3.63, 3.8) is 0 Å². The first-order valence-corrected chi connectivity index (χ1v) is 10.0. The highest BCUT2D eigenvalue weighted by atomic mass is 35.5. The number of pyridine rings is 2. The number of nitrogens with one attached hydrogen (secondary N) is 1. The fraction of sp³-hybridized carbons (Fsp3) is 0.167. The van der Waals surface area contributed by atoms with Crippen LogP contribution in [0.3, 0.4) is 0 Å². The Labute approximate surface area is 185 Å². The molecule has 0 amide bonds. The molecule has 0 aliphatic carbocycles. The fourth-order valence-corrected chi connectivity index (χ4v) is 3.58. The Balaban J connectivity index is 0.000000171. The summed E-state index contributed by atoms with van der Waals surface area (Å²) in [6, 6.07) is 12.2. The third-order valence-electron chi connectivity index (χ3n) is 5.15. The minimum Gasteiger partial charge on any atom is -0.360 e. The zero-order valence-corrected chi connectivity index (χ0v) is 18.7. The molecule has 0 aliphatic rings. The van der Waals surface area contributed by atoms with E-state index < -0.39 is 0 Å². The van der Waals surface area contributed by atoms with Crippen LogP contribution in [0.5, 0.6) is 0 Å². The first-order chi connectivity index (χ1) is 14.3. The van der Waals surface area contributed by atoms with Crippen molar-refractivity contribution in [2.45, 2.75) is 27.7 Å². The van der Waals surface area contributed by atoms with E-state index in [4.69, 9.17) is 34.3 Å². The number of nitriles is 2. The van der Waals surface area contributed by atoms with Gasteiger partial charge in [0, 0.05) is 28.7 Å². The molecule has 0 spiro atoms. The summed E-state index contributed by atoms with van der Waals surface area (Å²) in [6.45, 7) is 8.15. The van der Waals surface area contributed by atoms with Gasteiger partial charge in [0.1, 0.15) is 12.1 Å². The molecule has 2 heterocycles. The molecule has 6 heteroatoms. The first kappa shape index (κ1) is 21.5. The molecule has 0 unspecified atom stereocenters. The van der Waals surface area contributed by atoms with Gasteiger partial charge in [-0.05, 0) is 74.2 Å². The zero-order valence-electron chi connectivity index (χ0n) is 17.1. The number of aryl methyl sites for hydroxylation is 4.